The van der Waals surface area contributed by atoms with E-state index in [0.29, 0.717) is 17.3 Å². The maximum absolute atomic E-state index is 13.9. The third-order valence-corrected chi connectivity index (χ3v) is 8.20. The number of likely N-dealkylation sites (N-methyl/N-ethyl adjacent to an activating group) is 1. The summed E-state index contributed by atoms with van der Waals surface area (Å²) in [6.45, 7) is 2.55. The second-order valence-corrected chi connectivity index (χ2v) is 10.5. The van der Waals surface area contributed by atoms with Crippen molar-refractivity contribution in [3.05, 3.63) is 105 Å². The van der Waals surface area contributed by atoms with Crippen LogP contribution in [-0.4, -0.2) is 34.0 Å². The number of rotatable bonds is 2. The Labute approximate surface area is 208 Å². The minimum atomic E-state index is -0.211. The fraction of sp³-hybridized carbons (Fsp3) is 0.222. The SMILES string of the molecule is CN1CCc2c(sc3c2CN(C(=O)Nc2cccc(Cl)c2)[C@H](c2ccccc2)c2cccn2-3)C1. The van der Waals surface area contributed by atoms with Crippen LogP contribution in [0.3, 0.4) is 0 Å². The largest absolute Gasteiger partial charge is 0.322 e. The Balaban J connectivity index is 1.49. The Hall–Kier alpha value is -3.06. The first-order chi connectivity index (χ1) is 16.6. The highest BCUT2D eigenvalue weighted by atomic mass is 35.5. The van der Waals surface area contributed by atoms with Crippen molar-refractivity contribution in [2.45, 2.75) is 25.6 Å². The van der Waals surface area contributed by atoms with Crippen LogP contribution in [0.1, 0.15) is 33.3 Å². The normalized spacial score (nSPS) is 17.5. The van der Waals surface area contributed by atoms with Gasteiger partial charge in [0.25, 0.3) is 0 Å². The van der Waals surface area contributed by atoms with Gasteiger partial charge in [0.2, 0.25) is 0 Å². The number of thiophene rings is 1. The van der Waals surface area contributed by atoms with Crippen molar-refractivity contribution in [3.63, 3.8) is 0 Å². The predicted molar refractivity (Wildman–Crippen MR) is 138 cm³/mol. The topological polar surface area (TPSA) is 40.5 Å². The maximum Gasteiger partial charge on any atom is 0.322 e. The van der Waals surface area contributed by atoms with Gasteiger partial charge in [0.1, 0.15) is 5.00 Å². The number of amides is 2. The zero-order chi connectivity index (χ0) is 23.2. The molecular formula is C27H25ClN4OS. The van der Waals surface area contributed by atoms with E-state index in [2.05, 4.69) is 52.3 Å². The van der Waals surface area contributed by atoms with Crippen LogP contribution in [0.25, 0.3) is 5.00 Å². The van der Waals surface area contributed by atoms with Gasteiger partial charge in [-0.05, 0) is 54.9 Å². The molecule has 0 aliphatic carbocycles. The van der Waals surface area contributed by atoms with Crippen LogP contribution < -0.4 is 5.32 Å². The molecule has 2 aliphatic heterocycles. The lowest BCUT2D eigenvalue weighted by Crippen LogP contribution is -2.38. The molecule has 6 rings (SSSR count). The summed E-state index contributed by atoms with van der Waals surface area (Å²) in [7, 11) is 2.17. The molecule has 2 amide bonds. The highest BCUT2D eigenvalue weighted by Gasteiger charge is 2.36. The molecule has 0 unspecified atom stereocenters. The molecular weight excluding hydrogens is 464 g/mol. The molecule has 0 bridgehead atoms. The Morgan fingerprint density at radius 3 is 2.71 bits per heavy atom. The summed E-state index contributed by atoms with van der Waals surface area (Å²) in [6.07, 6.45) is 3.14. The van der Waals surface area contributed by atoms with Gasteiger partial charge in [0.15, 0.2) is 0 Å². The molecule has 2 aromatic heterocycles. The first-order valence-corrected chi connectivity index (χ1v) is 12.7. The summed E-state index contributed by atoms with van der Waals surface area (Å²) >= 11 is 8.05. The number of nitrogens with zero attached hydrogens (tertiary/aromatic N) is 3. The van der Waals surface area contributed by atoms with Crippen LogP contribution in [0.2, 0.25) is 5.02 Å². The van der Waals surface area contributed by atoms with E-state index in [-0.39, 0.29) is 12.1 Å². The van der Waals surface area contributed by atoms with E-state index in [0.717, 1.165) is 30.8 Å². The van der Waals surface area contributed by atoms with Crippen LogP contribution in [0.15, 0.2) is 72.9 Å². The van der Waals surface area contributed by atoms with Crippen LogP contribution in [0.4, 0.5) is 10.5 Å². The van der Waals surface area contributed by atoms with Gasteiger partial charge in [-0.1, -0.05) is 48.0 Å². The van der Waals surface area contributed by atoms with Gasteiger partial charge in [0, 0.05) is 40.4 Å². The number of benzene rings is 2. The summed E-state index contributed by atoms with van der Waals surface area (Å²) in [5.41, 5.74) is 5.56. The second-order valence-electron chi connectivity index (χ2n) is 8.96. The summed E-state index contributed by atoms with van der Waals surface area (Å²) < 4.78 is 2.29. The Morgan fingerprint density at radius 1 is 1.03 bits per heavy atom. The molecule has 0 saturated heterocycles. The lowest BCUT2D eigenvalue weighted by Gasteiger charge is -2.31. The molecule has 2 aromatic carbocycles. The van der Waals surface area contributed by atoms with E-state index < -0.39 is 0 Å². The number of carbonyl (C=O) groups excluding carboxylic acids is 1. The van der Waals surface area contributed by atoms with E-state index in [1.54, 1.807) is 6.07 Å². The highest BCUT2D eigenvalue weighted by molar-refractivity contribution is 7.15. The van der Waals surface area contributed by atoms with Gasteiger partial charge in [-0.2, -0.15) is 0 Å². The van der Waals surface area contributed by atoms with Gasteiger partial charge in [0.05, 0.1) is 18.3 Å². The number of hydrogen-bond acceptors (Lipinski definition) is 3. The number of anilines is 1. The van der Waals surface area contributed by atoms with Crippen LogP contribution >= 0.6 is 22.9 Å². The molecule has 1 atom stereocenters. The lowest BCUT2D eigenvalue weighted by atomic mass is 10.0. The van der Waals surface area contributed by atoms with Gasteiger partial charge in [-0.25, -0.2) is 4.79 Å². The lowest BCUT2D eigenvalue weighted by molar-refractivity contribution is 0.194. The Bertz CT molecular complexity index is 1360. The number of aromatic nitrogens is 1. The highest BCUT2D eigenvalue weighted by Crippen LogP contribution is 2.43. The molecule has 4 heterocycles. The number of hydrogen-bond donors (Lipinski definition) is 1. The zero-order valence-corrected chi connectivity index (χ0v) is 20.4. The van der Waals surface area contributed by atoms with E-state index in [4.69, 9.17) is 11.6 Å². The zero-order valence-electron chi connectivity index (χ0n) is 18.9. The molecule has 0 saturated carbocycles. The second kappa shape index (κ2) is 8.62. The number of fused-ring (bicyclic) bond motifs is 5. The van der Waals surface area contributed by atoms with Crippen molar-refractivity contribution in [3.8, 4) is 5.00 Å². The van der Waals surface area contributed by atoms with E-state index in [9.17, 15) is 4.79 Å². The first-order valence-electron chi connectivity index (χ1n) is 11.5. The average molecular weight is 489 g/mol. The van der Waals surface area contributed by atoms with Crippen molar-refractivity contribution in [1.82, 2.24) is 14.4 Å². The van der Waals surface area contributed by atoms with Crippen molar-refractivity contribution in [1.29, 1.82) is 0 Å². The molecule has 1 N–H and O–H groups in total. The molecule has 34 heavy (non-hydrogen) atoms. The smallest absolute Gasteiger partial charge is 0.310 e. The molecule has 0 radical (unpaired) electrons. The summed E-state index contributed by atoms with van der Waals surface area (Å²) in [4.78, 5) is 19.6. The Morgan fingerprint density at radius 2 is 1.88 bits per heavy atom. The summed E-state index contributed by atoms with van der Waals surface area (Å²) in [5, 5.41) is 4.93. The number of halogens is 1. The van der Waals surface area contributed by atoms with Crippen molar-refractivity contribution < 1.29 is 4.79 Å². The molecule has 172 valence electrons. The van der Waals surface area contributed by atoms with E-state index in [1.807, 2.05) is 52.6 Å². The maximum atomic E-state index is 13.9. The summed E-state index contributed by atoms with van der Waals surface area (Å²) in [6, 6.07) is 21.5. The number of carbonyl (C=O) groups is 1. The minimum absolute atomic E-state index is 0.135. The molecule has 0 spiro atoms. The van der Waals surface area contributed by atoms with Crippen LogP contribution in [-0.2, 0) is 19.5 Å². The first kappa shape index (κ1) is 21.5. The predicted octanol–water partition coefficient (Wildman–Crippen LogP) is 6.32. The Kier molecular flexibility index (Phi) is 5.44. The van der Waals surface area contributed by atoms with Crippen molar-refractivity contribution in [2.24, 2.45) is 0 Å². The quantitative estimate of drug-likeness (QED) is 0.359. The molecule has 0 fully saturated rings. The van der Waals surface area contributed by atoms with Crippen LogP contribution in [0.5, 0.6) is 0 Å². The fourth-order valence-corrected chi connectivity index (χ4v) is 6.73. The third kappa shape index (κ3) is 3.72. The molecule has 5 nitrogen and oxygen atoms in total. The number of urea groups is 1. The van der Waals surface area contributed by atoms with Gasteiger partial charge in [-0.3, -0.25) is 0 Å². The summed E-state index contributed by atoms with van der Waals surface area (Å²) in [5.74, 6) is 0. The van der Waals surface area contributed by atoms with Crippen molar-refractivity contribution in [2.75, 3.05) is 18.9 Å². The van der Waals surface area contributed by atoms with Crippen LogP contribution in [0, 0.1) is 0 Å². The monoisotopic (exact) mass is 488 g/mol. The number of nitrogens with one attached hydrogen (secondary N) is 1. The fourth-order valence-electron chi connectivity index (χ4n) is 5.10. The van der Waals surface area contributed by atoms with E-state index in [1.165, 1.54) is 21.0 Å². The average Bonchev–Trinajstić information content (AvgIpc) is 3.41. The van der Waals surface area contributed by atoms with E-state index >= 15 is 0 Å². The minimum Gasteiger partial charge on any atom is -0.310 e. The third-order valence-electron chi connectivity index (χ3n) is 6.71. The molecule has 4 aromatic rings. The van der Waals surface area contributed by atoms with Gasteiger partial charge in [-0.15, -0.1) is 11.3 Å². The van der Waals surface area contributed by atoms with Gasteiger partial charge >= 0.3 is 6.03 Å². The molecule has 7 heteroatoms. The molecule has 2 aliphatic rings. The van der Waals surface area contributed by atoms with Gasteiger partial charge < -0.3 is 19.7 Å². The van der Waals surface area contributed by atoms with Crippen molar-refractivity contribution >= 4 is 34.7 Å². The standard InChI is InChI=1S/C27H25ClN4OS/c1-30-14-12-21-22-16-32(27(33)29-20-10-5-9-19(28)15-20)25(18-7-3-2-4-8-18)23-11-6-13-31(23)26(22)34-24(21)17-30/h2-11,13,15,25H,12,14,16-17H2,1H3,(H,29,33)/t25-/m1/s1.